The van der Waals surface area contributed by atoms with Crippen molar-refractivity contribution >= 4 is 13.6 Å². The number of ketones is 1. The number of rotatable bonds is 1. The molecule has 0 spiro atoms. The van der Waals surface area contributed by atoms with Crippen molar-refractivity contribution in [1.29, 1.82) is 0 Å². The summed E-state index contributed by atoms with van der Waals surface area (Å²) >= 11 is 0. The number of aryl methyl sites for hydroxylation is 1. The van der Waals surface area contributed by atoms with Gasteiger partial charge in [0.1, 0.15) is 0 Å². The lowest BCUT2D eigenvalue weighted by atomic mass is 9.86. The molecular weight excluding hydrogens is 171 g/mol. The molecule has 14 heavy (non-hydrogen) atoms. The summed E-state index contributed by atoms with van der Waals surface area (Å²) in [7, 11) is 5.70. The maximum absolute atomic E-state index is 11.5. The zero-order chi connectivity index (χ0) is 10.3. The number of Topliss-reactive ketones (excluding diaryl/α,β-unsaturated/α-hetero) is 1. The largest absolute Gasteiger partial charge is 0.294 e. The topological polar surface area (TPSA) is 17.1 Å². The molecule has 70 valence electrons. The standard InChI is InChI=1S/C12H13BO/c1-7-5-10-9(3-4-12(10)14)8(2)11(7)6-13/h5H,3-4,6H2,1-2H3. The lowest BCUT2D eigenvalue weighted by molar-refractivity contribution is 0.0994. The second-order valence-corrected chi connectivity index (χ2v) is 3.95. The van der Waals surface area contributed by atoms with Crippen molar-refractivity contribution in [2.45, 2.75) is 33.0 Å². The molecule has 1 aliphatic rings. The van der Waals surface area contributed by atoms with Crippen molar-refractivity contribution in [2.24, 2.45) is 0 Å². The van der Waals surface area contributed by atoms with Gasteiger partial charge in [-0.1, -0.05) is 11.9 Å². The van der Waals surface area contributed by atoms with Gasteiger partial charge >= 0.3 is 0 Å². The van der Waals surface area contributed by atoms with E-state index in [0.717, 1.165) is 17.5 Å². The van der Waals surface area contributed by atoms with Crippen LogP contribution in [-0.2, 0) is 12.7 Å². The molecule has 1 nitrogen and oxygen atoms in total. The molecular formula is C12H13BO. The van der Waals surface area contributed by atoms with Crippen molar-refractivity contribution in [1.82, 2.24) is 0 Å². The molecule has 0 amide bonds. The van der Waals surface area contributed by atoms with Gasteiger partial charge < -0.3 is 0 Å². The van der Waals surface area contributed by atoms with Crippen molar-refractivity contribution < 1.29 is 4.79 Å². The van der Waals surface area contributed by atoms with Gasteiger partial charge in [-0.3, -0.25) is 4.79 Å². The predicted octanol–water partition coefficient (Wildman–Crippen LogP) is 2.10. The summed E-state index contributed by atoms with van der Waals surface area (Å²) in [5.74, 6) is 0.287. The second kappa shape index (κ2) is 3.27. The Hall–Kier alpha value is -1.05. The molecule has 2 heteroatoms. The Bertz CT molecular complexity index is 407. The van der Waals surface area contributed by atoms with E-state index < -0.39 is 0 Å². The summed E-state index contributed by atoms with van der Waals surface area (Å²) in [5, 5.41) is 0. The summed E-state index contributed by atoms with van der Waals surface area (Å²) in [5.41, 5.74) is 5.74. The molecule has 2 rings (SSSR count). The first-order valence-corrected chi connectivity index (χ1v) is 5.00. The highest BCUT2D eigenvalue weighted by atomic mass is 16.1. The molecule has 0 bridgehead atoms. The van der Waals surface area contributed by atoms with Crippen LogP contribution in [0.4, 0.5) is 0 Å². The maximum atomic E-state index is 11.5. The lowest BCUT2D eigenvalue weighted by Crippen LogP contribution is -2.01. The Balaban J connectivity index is 2.68. The van der Waals surface area contributed by atoms with Crippen LogP contribution in [0.3, 0.4) is 0 Å². The minimum Gasteiger partial charge on any atom is -0.294 e. The highest BCUT2D eigenvalue weighted by Gasteiger charge is 2.22. The number of carbonyl (C=O) groups excluding carboxylic acids is 1. The molecule has 1 aliphatic carbocycles. The normalized spacial score (nSPS) is 14.6. The Morgan fingerprint density at radius 2 is 2.07 bits per heavy atom. The van der Waals surface area contributed by atoms with Gasteiger partial charge in [0.15, 0.2) is 5.78 Å². The third-order valence-corrected chi connectivity index (χ3v) is 3.17. The van der Waals surface area contributed by atoms with Crippen LogP contribution < -0.4 is 0 Å². The molecule has 0 unspecified atom stereocenters. The van der Waals surface area contributed by atoms with Gasteiger partial charge in [-0.25, -0.2) is 0 Å². The van der Waals surface area contributed by atoms with Gasteiger partial charge in [0.2, 0.25) is 0 Å². The Kier molecular flexibility index (Phi) is 2.22. The van der Waals surface area contributed by atoms with E-state index in [4.69, 9.17) is 7.85 Å². The fourth-order valence-electron chi connectivity index (χ4n) is 2.33. The third kappa shape index (κ3) is 1.21. The molecule has 0 heterocycles. The van der Waals surface area contributed by atoms with Crippen LogP contribution >= 0.6 is 0 Å². The average molecular weight is 184 g/mol. The molecule has 1 aromatic carbocycles. The first-order chi connectivity index (χ1) is 6.65. The zero-order valence-electron chi connectivity index (χ0n) is 8.68. The molecule has 0 fully saturated rings. The molecule has 0 saturated carbocycles. The van der Waals surface area contributed by atoms with Crippen molar-refractivity contribution in [3.05, 3.63) is 33.9 Å². The van der Waals surface area contributed by atoms with E-state index in [2.05, 4.69) is 6.92 Å². The molecule has 0 aromatic heterocycles. The number of hydrogen-bond donors (Lipinski definition) is 0. The quantitative estimate of drug-likeness (QED) is 0.610. The number of fused-ring (bicyclic) bond motifs is 1. The van der Waals surface area contributed by atoms with Gasteiger partial charge in [0.05, 0.1) is 7.85 Å². The number of carbonyl (C=O) groups is 1. The van der Waals surface area contributed by atoms with Gasteiger partial charge in [-0.05, 0) is 43.0 Å². The van der Waals surface area contributed by atoms with Crippen LogP contribution in [0.2, 0.25) is 0 Å². The molecule has 0 N–H and O–H groups in total. The van der Waals surface area contributed by atoms with Gasteiger partial charge in [-0.2, -0.15) is 0 Å². The van der Waals surface area contributed by atoms with E-state index in [1.165, 1.54) is 16.7 Å². The first-order valence-electron chi connectivity index (χ1n) is 5.00. The summed E-state index contributed by atoms with van der Waals surface area (Å²) < 4.78 is 0. The van der Waals surface area contributed by atoms with Crippen LogP contribution in [0.15, 0.2) is 6.07 Å². The average Bonchev–Trinajstić information content (AvgIpc) is 2.49. The van der Waals surface area contributed by atoms with Gasteiger partial charge in [0.25, 0.3) is 0 Å². The van der Waals surface area contributed by atoms with E-state index in [1.54, 1.807) is 0 Å². The van der Waals surface area contributed by atoms with Crippen LogP contribution in [0.25, 0.3) is 0 Å². The van der Waals surface area contributed by atoms with Crippen LogP contribution in [-0.4, -0.2) is 13.6 Å². The van der Waals surface area contributed by atoms with E-state index >= 15 is 0 Å². The zero-order valence-corrected chi connectivity index (χ0v) is 8.68. The monoisotopic (exact) mass is 184 g/mol. The Morgan fingerprint density at radius 1 is 1.36 bits per heavy atom. The minimum atomic E-state index is 0.287. The lowest BCUT2D eigenvalue weighted by Gasteiger charge is -2.12. The van der Waals surface area contributed by atoms with Gasteiger partial charge in [0, 0.05) is 12.0 Å². The highest BCUT2D eigenvalue weighted by Crippen LogP contribution is 2.29. The maximum Gasteiger partial charge on any atom is 0.163 e. The van der Waals surface area contributed by atoms with Crippen molar-refractivity contribution in [3.63, 3.8) is 0 Å². The number of hydrogen-bond acceptors (Lipinski definition) is 1. The first kappa shape index (κ1) is 9.51. The number of benzene rings is 1. The molecule has 0 atom stereocenters. The molecule has 0 saturated heterocycles. The van der Waals surface area contributed by atoms with Crippen LogP contribution in [0, 0.1) is 13.8 Å². The third-order valence-electron chi connectivity index (χ3n) is 3.17. The highest BCUT2D eigenvalue weighted by molar-refractivity contribution is 6.09. The Morgan fingerprint density at radius 3 is 2.71 bits per heavy atom. The van der Waals surface area contributed by atoms with E-state index in [1.807, 2.05) is 13.0 Å². The summed E-state index contributed by atoms with van der Waals surface area (Å²) in [6.07, 6.45) is 2.13. The van der Waals surface area contributed by atoms with Crippen molar-refractivity contribution in [3.8, 4) is 0 Å². The second-order valence-electron chi connectivity index (χ2n) is 3.95. The predicted molar refractivity (Wildman–Crippen MR) is 58.0 cm³/mol. The SMILES string of the molecule is [B]Cc1c(C)cc2c(c1C)CCC2=O. The van der Waals surface area contributed by atoms with E-state index in [-0.39, 0.29) is 5.78 Å². The van der Waals surface area contributed by atoms with Crippen LogP contribution in [0.5, 0.6) is 0 Å². The van der Waals surface area contributed by atoms with E-state index in [0.29, 0.717) is 12.7 Å². The van der Waals surface area contributed by atoms with Gasteiger partial charge in [-0.15, -0.1) is 0 Å². The van der Waals surface area contributed by atoms with Crippen LogP contribution in [0.1, 0.15) is 39.0 Å². The smallest absolute Gasteiger partial charge is 0.163 e. The van der Waals surface area contributed by atoms with E-state index in [9.17, 15) is 4.79 Å². The Labute approximate surface area is 85.9 Å². The summed E-state index contributed by atoms with van der Waals surface area (Å²) in [4.78, 5) is 11.5. The molecule has 1 aromatic rings. The summed E-state index contributed by atoms with van der Waals surface area (Å²) in [6.45, 7) is 4.10. The molecule has 0 aliphatic heterocycles. The fraction of sp³-hybridized carbons (Fsp3) is 0.417. The summed E-state index contributed by atoms with van der Waals surface area (Å²) in [6, 6.07) is 2.00. The molecule has 2 radical (unpaired) electrons. The fourth-order valence-corrected chi connectivity index (χ4v) is 2.33. The minimum absolute atomic E-state index is 0.287. The van der Waals surface area contributed by atoms with Crippen molar-refractivity contribution in [2.75, 3.05) is 0 Å².